The third-order valence-electron chi connectivity index (χ3n) is 2.91. The summed E-state index contributed by atoms with van der Waals surface area (Å²) >= 11 is 13.7. The lowest BCUT2D eigenvalue weighted by molar-refractivity contribution is 0.679. The van der Waals surface area contributed by atoms with Gasteiger partial charge in [-0.05, 0) is 48.3 Å². The lowest BCUT2D eigenvalue weighted by atomic mass is 10.0. The highest BCUT2D eigenvalue weighted by Crippen LogP contribution is 2.35. The van der Waals surface area contributed by atoms with Gasteiger partial charge in [-0.15, -0.1) is 5.10 Å². The van der Waals surface area contributed by atoms with Crippen LogP contribution in [0.3, 0.4) is 0 Å². The van der Waals surface area contributed by atoms with Crippen LogP contribution in [0.25, 0.3) is 0 Å². The van der Waals surface area contributed by atoms with Gasteiger partial charge in [0.15, 0.2) is 0 Å². The SMILES string of the molecule is CNC(c1cc(Cl)ccc1Cl)c1snnc1C(C)C. The fourth-order valence-corrected chi connectivity index (χ4v) is 3.31. The largest absolute Gasteiger partial charge is 0.309 e. The highest BCUT2D eigenvalue weighted by molar-refractivity contribution is 7.05. The average Bonchev–Trinajstić information content (AvgIpc) is 2.84. The van der Waals surface area contributed by atoms with E-state index in [1.807, 2.05) is 19.2 Å². The summed E-state index contributed by atoms with van der Waals surface area (Å²) in [5.74, 6) is 0.322. The first-order valence-corrected chi connectivity index (χ1v) is 7.52. The van der Waals surface area contributed by atoms with Gasteiger partial charge in [-0.25, -0.2) is 0 Å². The van der Waals surface area contributed by atoms with Crippen LogP contribution in [0.15, 0.2) is 18.2 Å². The van der Waals surface area contributed by atoms with Crippen molar-refractivity contribution in [3.63, 3.8) is 0 Å². The van der Waals surface area contributed by atoms with Crippen molar-refractivity contribution >= 4 is 34.7 Å². The molecule has 0 saturated carbocycles. The molecule has 1 heterocycles. The monoisotopic (exact) mass is 315 g/mol. The van der Waals surface area contributed by atoms with Crippen LogP contribution in [0.5, 0.6) is 0 Å². The minimum Gasteiger partial charge on any atom is -0.309 e. The minimum atomic E-state index is -0.0383. The van der Waals surface area contributed by atoms with E-state index in [4.69, 9.17) is 23.2 Å². The van der Waals surface area contributed by atoms with Gasteiger partial charge in [0.05, 0.1) is 16.6 Å². The predicted octanol–water partition coefficient (Wildman–Crippen LogP) is 4.28. The van der Waals surface area contributed by atoms with Crippen molar-refractivity contribution in [2.75, 3.05) is 7.05 Å². The maximum atomic E-state index is 6.28. The van der Waals surface area contributed by atoms with Crippen molar-refractivity contribution in [3.05, 3.63) is 44.4 Å². The summed E-state index contributed by atoms with van der Waals surface area (Å²) < 4.78 is 4.07. The molecule has 19 heavy (non-hydrogen) atoms. The Kier molecular flexibility index (Phi) is 4.79. The molecule has 1 aromatic carbocycles. The predicted molar refractivity (Wildman–Crippen MR) is 81.4 cm³/mol. The van der Waals surface area contributed by atoms with Gasteiger partial charge in [-0.1, -0.05) is 41.5 Å². The molecule has 0 fully saturated rings. The van der Waals surface area contributed by atoms with E-state index in [9.17, 15) is 0 Å². The molecule has 0 saturated heterocycles. The molecule has 1 aromatic heterocycles. The van der Waals surface area contributed by atoms with E-state index in [1.54, 1.807) is 6.07 Å². The van der Waals surface area contributed by atoms with Crippen LogP contribution < -0.4 is 5.32 Å². The van der Waals surface area contributed by atoms with Gasteiger partial charge in [0.2, 0.25) is 0 Å². The maximum Gasteiger partial charge on any atom is 0.0832 e. The molecule has 0 spiro atoms. The van der Waals surface area contributed by atoms with E-state index in [2.05, 4.69) is 28.8 Å². The van der Waals surface area contributed by atoms with Gasteiger partial charge >= 0.3 is 0 Å². The van der Waals surface area contributed by atoms with Gasteiger partial charge in [0, 0.05) is 10.0 Å². The molecule has 0 aliphatic rings. The lowest BCUT2D eigenvalue weighted by Gasteiger charge is -2.18. The zero-order valence-electron chi connectivity index (χ0n) is 10.9. The van der Waals surface area contributed by atoms with E-state index in [0.717, 1.165) is 16.1 Å². The molecule has 2 rings (SSSR count). The molecule has 1 N–H and O–H groups in total. The summed E-state index contributed by atoms with van der Waals surface area (Å²) in [6.45, 7) is 4.21. The standard InChI is InChI=1S/C13H15Cl2N3S/c1-7(2)11-13(19-18-17-11)12(16-3)9-6-8(14)4-5-10(9)15/h4-7,12,16H,1-3H3. The third kappa shape index (κ3) is 3.08. The summed E-state index contributed by atoms with van der Waals surface area (Å²) in [6, 6.07) is 5.44. The van der Waals surface area contributed by atoms with Crippen molar-refractivity contribution in [1.82, 2.24) is 14.9 Å². The first-order valence-electron chi connectivity index (χ1n) is 5.99. The summed E-state index contributed by atoms with van der Waals surface area (Å²) in [7, 11) is 1.89. The van der Waals surface area contributed by atoms with Crippen molar-refractivity contribution in [2.24, 2.45) is 0 Å². The Hall–Kier alpha value is -0.680. The van der Waals surface area contributed by atoms with Crippen LogP contribution in [0, 0.1) is 0 Å². The van der Waals surface area contributed by atoms with Crippen LogP contribution in [-0.4, -0.2) is 16.6 Å². The summed E-state index contributed by atoms with van der Waals surface area (Å²) in [6.07, 6.45) is 0. The Morgan fingerprint density at radius 2 is 2.00 bits per heavy atom. The van der Waals surface area contributed by atoms with Crippen LogP contribution in [0.2, 0.25) is 10.0 Å². The smallest absolute Gasteiger partial charge is 0.0832 e. The van der Waals surface area contributed by atoms with Crippen molar-refractivity contribution in [1.29, 1.82) is 0 Å². The average molecular weight is 316 g/mol. The number of hydrogen-bond donors (Lipinski definition) is 1. The van der Waals surface area contributed by atoms with Crippen molar-refractivity contribution < 1.29 is 0 Å². The molecule has 6 heteroatoms. The molecule has 0 amide bonds. The molecular formula is C13H15Cl2N3S. The fourth-order valence-electron chi connectivity index (χ4n) is 1.97. The van der Waals surface area contributed by atoms with Crippen molar-refractivity contribution in [3.8, 4) is 0 Å². The highest BCUT2D eigenvalue weighted by atomic mass is 35.5. The Bertz CT molecular complexity index is 569. The fraction of sp³-hybridized carbons (Fsp3) is 0.385. The molecule has 0 radical (unpaired) electrons. The van der Waals surface area contributed by atoms with Crippen LogP contribution in [-0.2, 0) is 0 Å². The number of rotatable bonds is 4. The van der Waals surface area contributed by atoms with E-state index >= 15 is 0 Å². The first-order chi connectivity index (χ1) is 9.04. The summed E-state index contributed by atoms with van der Waals surface area (Å²) in [5.41, 5.74) is 1.95. The van der Waals surface area contributed by atoms with E-state index < -0.39 is 0 Å². The zero-order chi connectivity index (χ0) is 14.0. The lowest BCUT2D eigenvalue weighted by Crippen LogP contribution is -2.18. The third-order valence-corrected chi connectivity index (χ3v) is 4.29. The van der Waals surface area contributed by atoms with Gasteiger partial charge < -0.3 is 5.32 Å². The maximum absolute atomic E-state index is 6.28. The normalized spacial score (nSPS) is 12.9. The molecule has 0 bridgehead atoms. The summed E-state index contributed by atoms with van der Waals surface area (Å²) in [4.78, 5) is 1.08. The number of benzene rings is 1. The Labute approximate surface area is 127 Å². The second-order valence-corrected chi connectivity index (χ2v) is 6.19. The molecular weight excluding hydrogens is 301 g/mol. The van der Waals surface area contributed by atoms with Crippen LogP contribution >= 0.6 is 34.7 Å². The van der Waals surface area contributed by atoms with Crippen LogP contribution in [0.4, 0.5) is 0 Å². The van der Waals surface area contributed by atoms with Crippen molar-refractivity contribution in [2.45, 2.75) is 25.8 Å². The Morgan fingerprint density at radius 3 is 2.63 bits per heavy atom. The number of hydrogen-bond acceptors (Lipinski definition) is 4. The van der Waals surface area contributed by atoms with Gasteiger partial charge in [-0.3, -0.25) is 0 Å². The Morgan fingerprint density at radius 1 is 1.26 bits per heavy atom. The number of halogens is 2. The van der Waals surface area contributed by atoms with Gasteiger partial charge in [-0.2, -0.15) is 0 Å². The second kappa shape index (κ2) is 6.18. The molecule has 0 aliphatic heterocycles. The van der Waals surface area contributed by atoms with Gasteiger partial charge in [0.1, 0.15) is 0 Å². The number of nitrogens with zero attached hydrogens (tertiary/aromatic N) is 2. The molecule has 3 nitrogen and oxygen atoms in total. The molecule has 1 unspecified atom stereocenters. The molecule has 0 aliphatic carbocycles. The minimum absolute atomic E-state index is 0.0383. The van der Waals surface area contributed by atoms with E-state index in [0.29, 0.717) is 16.0 Å². The molecule has 2 aromatic rings. The topological polar surface area (TPSA) is 37.8 Å². The molecule has 102 valence electrons. The van der Waals surface area contributed by atoms with Crippen LogP contribution in [0.1, 0.15) is 41.9 Å². The quantitative estimate of drug-likeness (QED) is 0.915. The van der Waals surface area contributed by atoms with E-state index in [-0.39, 0.29) is 6.04 Å². The molecule has 1 atom stereocenters. The van der Waals surface area contributed by atoms with Gasteiger partial charge in [0.25, 0.3) is 0 Å². The second-order valence-electron chi connectivity index (χ2n) is 4.56. The first kappa shape index (κ1) is 14.7. The number of nitrogens with one attached hydrogen (secondary N) is 1. The van der Waals surface area contributed by atoms with E-state index in [1.165, 1.54) is 11.5 Å². The summed E-state index contributed by atoms with van der Waals surface area (Å²) in [5, 5.41) is 8.84. The highest BCUT2D eigenvalue weighted by Gasteiger charge is 2.23. The number of aromatic nitrogens is 2. The Balaban J connectivity index is 2.50. The zero-order valence-corrected chi connectivity index (χ0v) is 13.3.